The Bertz CT molecular complexity index is 342. The molecule has 2 amide bonds. The van der Waals surface area contributed by atoms with Crippen LogP contribution >= 0.6 is 0 Å². The predicted octanol–water partition coefficient (Wildman–Crippen LogP) is -0.498. The average molecular weight is 207 g/mol. The monoisotopic (exact) mass is 207 g/mol. The summed E-state index contributed by atoms with van der Waals surface area (Å²) in [5, 5.41) is 3.19. The second kappa shape index (κ2) is 4.22. The average Bonchev–Trinajstić information content (AvgIpc) is 2.30. The number of carbonyl (C=O) groups is 1. The van der Waals surface area contributed by atoms with Crippen LogP contribution in [0.25, 0.3) is 0 Å². The highest BCUT2D eigenvalue weighted by atomic mass is 16.2. The van der Waals surface area contributed by atoms with Crippen molar-refractivity contribution in [2.45, 2.75) is 6.04 Å². The topological polar surface area (TPSA) is 84.1 Å². The molecule has 80 valence electrons. The van der Waals surface area contributed by atoms with E-state index >= 15 is 0 Å². The molecule has 6 heteroatoms. The maximum Gasteiger partial charge on any atom is 0.315 e. The maximum absolute atomic E-state index is 11.2. The van der Waals surface area contributed by atoms with Crippen molar-refractivity contribution >= 4 is 6.03 Å². The first-order valence-electron chi connectivity index (χ1n) is 4.83. The number of carbonyl (C=O) groups excluding carboxylic acids is 1. The highest BCUT2D eigenvalue weighted by molar-refractivity contribution is 5.72. The zero-order valence-corrected chi connectivity index (χ0v) is 8.26. The Morgan fingerprint density at radius 3 is 2.93 bits per heavy atom. The molecule has 0 aromatic carbocycles. The third-order valence-corrected chi connectivity index (χ3v) is 2.41. The lowest BCUT2D eigenvalue weighted by molar-refractivity contribution is 0.163. The number of hydrogen-bond acceptors (Lipinski definition) is 4. The maximum atomic E-state index is 11.2. The minimum absolute atomic E-state index is 0.155. The van der Waals surface area contributed by atoms with Crippen molar-refractivity contribution in [3.8, 4) is 0 Å². The van der Waals surface area contributed by atoms with E-state index in [1.807, 2.05) is 0 Å². The smallest absolute Gasteiger partial charge is 0.315 e. The van der Waals surface area contributed by atoms with E-state index in [1.165, 1.54) is 0 Å². The third-order valence-electron chi connectivity index (χ3n) is 2.41. The summed E-state index contributed by atoms with van der Waals surface area (Å²) in [4.78, 5) is 21.1. The number of amides is 2. The van der Waals surface area contributed by atoms with Gasteiger partial charge in [-0.25, -0.2) is 14.8 Å². The van der Waals surface area contributed by atoms with Gasteiger partial charge in [0.25, 0.3) is 0 Å². The molecule has 1 aliphatic rings. The van der Waals surface area contributed by atoms with Crippen molar-refractivity contribution in [3.63, 3.8) is 0 Å². The van der Waals surface area contributed by atoms with Gasteiger partial charge in [0.2, 0.25) is 0 Å². The van der Waals surface area contributed by atoms with Gasteiger partial charge in [-0.3, -0.25) is 0 Å². The van der Waals surface area contributed by atoms with Gasteiger partial charge in [0.05, 0.1) is 0 Å². The summed E-state index contributed by atoms with van der Waals surface area (Å²) in [6.07, 6.45) is 3.33. The largest absolute Gasteiger partial charge is 0.351 e. The Labute approximate surface area is 87.5 Å². The Morgan fingerprint density at radius 1 is 1.53 bits per heavy atom. The molecular formula is C9H13N5O. The summed E-state index contributed by atoms with van der Waals surface area (Å²) in [5.41, 5.74) is 5.30. The van der Waals surface area contributed by atoms with Crippen LogP contribution in [0.5, 0.6) is 0 Å². The summed E-state index contributed by atoms with van der Waals surface area (Å²) < 4.78 is 0. The SMILES string of the molecule is NC(=O)N1CCNCC1c1ncccn1. The van der Waals surface area contributed by atoms with E-state index in [4.69, 9.17) is 5.73 Å². The van der Waals surface area contributed by atoms with Gasteiger partial charge in [-0.15, -0.1) is 0 Å². The minimum atomic E-state index is -0.422. The predicted molar refractivity (Wildman–Crippen MR) is 53.9 cm³/mol. The Balaban J connectivity index is 2.22. The molecule has 1 unspecified atom stereocenters. The van der Waals surface area contributed by atoms with E-state index in [0.29, 0.717) is 18.9 Å². The molecule has 1 saturated heterocycles. The van der Waals surface area contributed by atoms with Gasteiger partial charge in [0.15, 0.2) is 5.82 Å². The van der Waals surface area contributed by atoms with Crippen molar-refractivity contribution in [1.29, 1.82) is 0 Å². The number of nitrogens with one attached hydrogen (secondary N) is 1. The van der Waals surface area contributed by atoms with Crippen LogP contribution in [0, 0.1) is 0 Å². The molecule has 0 spiro atoms. The Kier molecular flexibility index (Phi) is 2.77. The van der Waals surface area contributed by atoms with Crippen LogP contribution in [-0.4, -0.2) is 40.5 Å². The lowest BCUT2D eigenvalue weighted by atomic mass is 10.2. The third kappa shape index (κ3) is 2.04. The quantitative estimate of drug-likeness (QED) is 0.650. The number of rotatable bonds is 1. The molecule has 3 N–H and O–H groups in total. The van der Waals surface area contributed by atoms with Crippen LogP contribution in [0.15, 0.2) is 18.5 Å². The standard InChI is InChI=1S/C9H13N5O/c10-9(15)14-5-4-11-6-7(14)8-12-2-1-3-13-8/h1-3,7,11H,4-6H2,(H2,10,15). The molecule has 1 atom stereocenters. The summed E-state index contributed by atoms with van der Waals surface area (Å²) in [6, 6.07) is 1.17. The van der Waals surface area contributed by atoms with Crippen LogP contribution in [-0.2, 0) is 0 Å². The second-order valence-electron chi connectivity index (χ2n) is 3.36. The molecule has 0 radical (unpaired) electrons. The van der Waals surface area contributed by atoms with Gasteiger partial charge in [0.1, 0.15) is 6.04 Å². The molecule has 1 aromatic heterocycles. The van der Waals surface area contributed by atoms with Gasteiger partial charge in [0, 0.05) is 32.0 Å². The Morgan fingerprint density at radius 2 is 2.27 bits per heavy atom. The van der Waals surface area contributed by atoms with Crippen LogP contribution in [0.1, 0.15) is 11.9 Å². The summed E-state index contributed by atoms with van der Waals surface area (Å²) in [6.45, 7) is 2.00. The number of piperazine rings is 1. The summed E-state index contributed by atoms with van der Waals surface area (Å²) in [5.74, 6) is 0.628. The first-order chi connectivity index (χ1) is 7.29. The molecule has 0 aliphatic carbocycles. The zero-order chi connectivity index (χ0) is 10.7. The molecule has 1 aliphatic heterocycles. The number of urea groups is 1. The van der Waals surface area contributed by atoms with E-state index in [0.717, 1.165) is 6.54 Å². The normalized spacial score (nSPS) is 21.3. The first-order valence-corrected chi connectivity index (χ1v) is 4.83. The number of nitrogens with two attached hydrogens (primary N) is 1. The minimum Gasteiger partial charge on any atom is -0.351 e. The first kappa shape index (κ1) is 9.85. The molecule has 1 aromatic rings. The van der Waals surface area contributed by atoms with Gasteiger partial charge >= 0.3 is 6.03 Å². The van der Waals surface area contributed by atoms with E-state index in [1.54, 1.807) is 23.4 Å². The Hall–Kier alpha value is -1.69. The van der Waals surface area contributed by atoms with E-state index in [-0.39, 0.29) is 6.04 Å². The number of nitrogens with zero attached hydrogens (tertiary/aromatic N) is 3. The molecule has 15 heavy (non-hydrogen) atoms. The highest BCUT2D eigenvalue weighted by Crippen LogP contribution is 2.17. The molecule has 2 heterocycles. The van der Waals surface area contributed by atoms with E-state index < -0.39 is 6.03 Å². The zero-order valence-electron chi connectivity index (χ0n) is 8.26. The van der Waals surface area contributed by atoms with Crippen LogP contribution in [0.3, 0.4) is 0 Å². The molecule has 2 rings (SSSR count). The van der Waals surface area contributed by atoms with E-state index in [2.05, 4.69) is 15.3 Å². The summed E-state index contributed by atoms with van der Waals surface area (Å²) in [7, 11) is 0. The van der Waals surface area contributed by atoms with Gasteiger partial charge in [-0.1, -0.05) is 0 Å². The number of aromatic nitrogens is 2. The number of primary amides is 1. The van der Waals surface area contributed by atoms with Gasteiger partial charge in [-0.05, 0) is 6.07 Å². The van der Waals surface area contributed by atoms with Crippen molar-refractivity contribution in [1.82, 2.24) is 20.2 Å². The molecule has 6 nitrogen and oxygen atoms in total. The molecule has 0 saturated carbocycles. The van der Waals surface area contributed by atoms with E-state index in [9.17, 15) is 4.79 Å². The van der Waals surface area contributed by atoms with Crippen molar-refractivity contribution in [2.24, 2.45) is 5.73 Å². The molecular weight excluding hydrogens is 194 g/mol. The summed E-state index contributed by atoms with van der Waals surface area (Å²) >= 11 is 0. The highest BCUT2D eigenvalue weighted by Gasteiger charge is 2.27. The fraction of sp³-hybridized carbons (Fsp3) is 0.444. The van der Waals surface area contributed by atoms with Crippen LogP contribution in [0.2, 0.25) is 0 Å². The van der Waals surface area contributed by atoms with Crippen molar-refractivity contribution < 1.29 is 4.79 Å². The van der Waals surface area contributed by atoms with Gasteiger partial charge in [-0.2, -0.15) is 0 Å². The second-order valence-corrected chi connectivity index (χ2v) is 3.36. The lowest BCUT2D eigenvalue weighted by Gasteiger charge is -2.33. The number of hydrogen-bond donors (Lipinski definition) is 2. The van der Waals surface area contributed by atoms with Gasteiger partial charge < -0.3 is 16.0 Å². The van der Waals surface area contributed by atoms with Crippen LogP contribution < -0.4 is 11.1 Å². The fourth-order valence-corrected chi connectivity index (χ4v) is 1.68. The van der Waals surface area contributed by atoms with Crippen LogP contribution in [0.4, 0.5) is 4.79 Å². The molecule has 0 bridgehead atoms. The van der Waals surface area contributed by atoms with Crippen molar-refractivity contribution in [3.05, 3.63) is 24.3 Å². The fourth-order valence-electron chi connectivity index (χ4n) is 1.68. The van der Waals surface area contributed by atoms with Crippen molar-refractivity contribution in [2.75, 3.05) is 19.6 Å². The lowest BCUT2D eigenvalue weighted by Crippen LogP contribution is -2.51. The molecule has 1 fully saturated rings.